The lowest BCUT2D eigenvalue weighted by molar-refractivity contribution is 0.579. The number of nitrogens with one attached hydrogen (secondary N) is 1. The molecule has 0 bridgehead atoms. The minimum Gasteiger partial charge on any atom is -0.399 e. The maximum atomic E-state index is 12.2. The highest BCUT2D eigenvalue weighted by Gasteiger charge is 2.16. The summed E-state index contributed by atoms with van der Waals surface area (Å²) in [5.41, 5.74) is 7.79. The molecule has 7 heteroatoms. The number of nitrogens with two attached hydrogens (primary N) is 1. The monoisotopic (exact) mass is 294 g/mol. The van der Waals surface area contributed by atoms with Crippen LogP contribution in [0.2, 0.25) is 0 Å². The number of aromatic nitrogens is 2. The van der Waals surface area contributed by atoms with Crippen molar-refractivity contribution in [3.8, 4) is 0 Å². The standard InChI is InChI=1S/C13H18N4O2S/c1-10-9-11(14)3-4-13(10)20(18,19)16-8-6-12-5-7-15-17(12)2/h3-5,7,9,16H,6,8,14H2,1-2H3. The summed E-state index contributed by atoms with van der Waals surface area (Å²) in [6.45, 7) is 2.05. The van der Waals surface area contributed by atoms with Gasteiger partial charge in [0.15, 0.2) is 0 Å². The van der Waals surface area contributed by atoms with Gasteiger partial charge in [-0.2, -0.15) is 5.10 Å². The number of anilines is 1. The molecule has 1 aromatic carbocycles. The van der Waals surface area contributed by atoms with E-state index in [-0.39, 0.29) is 4.90 Å². The molecule has 0 radical (unpaired) electrons. The van der Waals surface area contributed by atoms with Crippen molar-refractivity contribution in [1.29, 1.82) is 0 Å². The van der Waals surface area contributed by atoms with Crippen molar-refractivity contribution in [2.24, 2.45) is 7.05 Å². The second-order valence-corrected chi connectivity index (χ2v) is 6.35. The van der Waals surface area contributed by atoms with Gasteiger partial charge < -0.3 is 5.73 Å². The van der Waals surface area contributed by atoms with Crippen LogP contribution in [-0.2, 0) is 23.5 Å². The first-order chi connectivity index (χ1) is 9.40. The highest BCUT2D eigenvalue weighted by Crippen LogP contribution is 2.17. The molecular weight excluding hydrogens is 276 g/mol. The van der Waals surface area contributed by atoms with Crippen LogP contribution in [0.15, 0.2) is 35.4 Å². The molecule has 2 aromatic rings. The number of rotatable bonds is 5. The van der Waals surface area contributed by atoms with Gasteiger partial charge in [0.05, 0.1) is 4.90 Å². The van der Waals surface area contributed by atoms with Crippen LogP contribution < -0.4 is 10.5 Å². The van der Waals surface area contributed by atoms with E-state index in [0.29, 0.717) is 24.2 Å². The lowest BCUT2D eigenvalue weighted by Gasteiger charge is -2.10. The lowest BCUT2D eigenvalue weighted by atomic mass is 10.2. The topological polar surface area (TPSA) is 90.0 Å². The minimum atomic E-state index is -3.51. The Morgan fingerprint density at radius 1 is 1.35 bits per heavy atom. The van der Waals surface area contributed by atoms with Crippen molar-refractivity contribution in [2.45, 2.75) is 18.2 Å². The van der Waals surface area contributed by atoms with Gasteiger partial charge in [0.2, 0.25) is 10.0 Å². The van der Waals surface area contributed by atoms with Gasteiger partial charge in [0, 0.05) is 37.6 Å². The second-order valence-electron chi connectivity index (χ2n) is 4.62. The van der Waals surface area contributed by atoms with E-state index < -0.39 is 10.0 Å². The number of hydrogen-bond donors (Lipinski definition) is 2. The van der Waals surface area contributed by atoms with Crippen LogP contribution in [0, 0.1) is 6.92 Å². The van der Waals surface area contributed by atoms with Crippen LogP contribution >= 0.6 is 0 Å². The van der Waals surface area contributed by atoms with Crippen molar-refractivity contribution < 1.29 is 8.42 Å². The molecule has 1 heterocycles. The summed E-state index contributed by atoms with van der Waals surface area (Å²) in [5, 5.41) is 4.04. The van der Waals surface area contributed by atoms with Crippen LogP contribution in [0.25, 0.3) is 0 Å². The fraction of sp³-hybridized carbons (Fsp3) is 0.308. The minimum absolute atomic E-state index is 0.261. The van der Waals surface area contributed by atoms with E-state index in [4.69, 9.17) is 5.73 Å². The fourth-order valence-electron chi connectivity index (χ4n) is 2.01. The first-order valence-corrected chi connectivity index (χ1v) is 7.71. The summed E-state index contributed by atoms with van der Waals surface area (Å²) < 4.78 is 28.7. The van der Waals surface area contributed by atoms with E-state index in [2.05, 4.69) is 9.82 Å². The Balaban J connectivity index is 2.06. The molecule has 0 aliphatic rings. The second kappa shape index (κ2) is 5.64. The summed E-state index contributed by atoms with van der Waals surface area (Å²) in [6.07, 6.45) is 2.28. The zero-order valence-electron chi connectivity index (χ0n) is 11.5. The maximum absolute atomic E-state index is 12.2. The van der Waals surface area contributed by atoms with E-state index >= 15 is 0 Å². The Hall–Kier alpha value is -1.86. The molecule has 0 amide bonds. The quantitative estimate of drug-likeness (QED) is 0.799. The van der Waals surface area contributed by atoms with Crippen molar-refractivity contribution in [3.05, 3.63) is 41.7 Å². The lowest BCUT2D eigenvalue weighted by Crippen LogP contribution is -2.27. The zero-order valence-corrected chi connectivity index (χ0v) is 12.3. The Bertz CT molecular complexity index is 707. The molecule has 0 unspecified atom stereocenters. The highest BCUT2D eigenvalue weighted by molar-refractivity contribution is 7.89. The Kier molecular flexibility index (Phi) is 4.10. The number of sulfonamides is 1. The predicted octanol–water partition coefficient (Wildman–Crippen LogP) is 0.832. The number of nitrogen functional groups attached to an aromatic ring is 1. The third-order valence-corrected chi connectivity index (χ3v) is 4.71. The van der Waals surface area contributed by atoms with Crippen LogP contribution in [0.1, 0.15) is 11.3 Å². The first-order valence-electron chi connectivity index (χ1n) is 6.23. The van der Waals surface area contributed by atoms with Gasteiger partial charge >= 0.3 is 0 Å². The maximum Gasteiger partial charge on any atom is 0.240 e. The smallest absolute Gasteiger partial charge is 0.240 e. The van der Waals surface area contributed by atoms with E-state index in [1.165, 1.54) is 6.07 Å². The molecule has 0 fully saturated rings. The molecule has 0 saturated carbocycles. The summed E-state index contributed by atoms with van der Waals surface area (Å²) in [6, 6.07) is 6.62. The van der Waals surface area contributed by atoms with Crippen LogP contribution in [-0.4, -0.2) is 24.7 Å². The molecule has 3 N–H and O–H groups in total. The zero-order chi connectivity index (χ0) is 14.8. The van der Waals surface area contributed by atoms with Gasteiger partial charge in [-0.1, -0.05) is 0 Å². The van der Waals surface area contributed by atoms with Crippen LogP contribution in [0.3, 0.4) is 0 Å². The van der Waals surface area contributed by atoms with E-state index in [1.54, 1.807) is 29.9 Å². The van der Waals surface area contributed by atoms with Gasteiger partial charge in [0.1, 0.15) is 0 Å². The molecular formula is C13H18N4O2S. The predicted molar refractivity (Wildman–Crippen MR) is 77.7 cm³/mol. The van der Waals surface area contributed by atoms with Gasteiger partial charge in [-0.05, 0) is 36.8 Å². The van der Waals surface area contributed by atoms with Gasteiger partial charge in [0.25, 0.3) is 0 Å². The third-order valence-electron chi connectivity index (χ3n) is 3.08. The van der Waals surface area contributed by atoms with Crippen molar-refractivity contribution in [3.63, 3.8) is 0 Å². The molecule has 0 spiro atoms. The largest absolute Gasteiger partial charge is 0.399 e. The van der Waals surface area contributed by atoms with Gasteiger partial charge in [-0.15, -0.1) is 0 Å². The Labute approximate surface area is 118 Å². The van der Waals surface area contributed by atoms with Gasteiger partial charge in [-0.25, -0.2) is 13.1 Å². The molecule has 2 rings (SSSR count). The Morgan fingerprint density at radius 3 is 2.70 bits per heavy atom. The third kappa shape index (κ3) is 3.17. The summed E-state index contributed by atoms with van der Waals surface area (Å²) in [4.78, 5) is 0.261. The van der Waals surface area contributed by atoms with Crippen LogP contribution in [0.5, 0.6) is 0 Å². The van der Waals surface area contributed by atoms with E-state index in [1.807, 2.05) is 13.1 Å². The average Bonchev–Trinajstić information content (AvgIpc) is 2.74. The number of aryl methyl sites for hydroxylation is 2. The molecule has 0 aliphatic heterocycles. The molecule has 0 atom stereocenters. The van der Waals surface area contributed by atoms with Crippen molar-refractivity contribution >= 4 is 15.7 Å². The summed E-state index contributed by atoms with van der Waals surface area (Å²) in [5.74, 6) is 0. The van der Waals surface area contributed by atoms with E-state index in [0.717, 1.165) is 5.69 Å². The van der Waals surface area contributed by atoms with Crippen molar-refractivity contribution in [1.82, 2.24) is 14.5 Å². The first kappa shape index (κ1) is 14.5. The SMILES string of the molecule is Cc1cc(N)ccc1S(=O)(=O)NCCc1ccnn1C. The summed E-state index contributed by atoms with van der Waals surface area (Å²) in [7, 11) is -1.68. The molecule has 108 valence electrons. The average molecular weight is 294 g/mol. The normalized spacial score (nSPS) is 11.7. The van der Waals surface area contributed by atoms with Crippen LogP contribution in [0.4, 0.5) is 5.69 Å². The number of hydrogen-bond acceptors (Lipinski definition) is 4. The number of nitrogens with zero attached hydrogens (tertiary/aromatic N) is 2. The summed E-state index contributed by atoms with van der Waals surface area (Å²) >= 11 is 0. The molecule has 0 aliphatic carbocycles. The number of benzene rings is 1. The van der Waals surface area contributed by atoms with E-state index in [9.17, 15) is 8.42 Å². The molecule has 0 saturated heterocycles. The fourth-order valence-corrected chi connectivity index (χ4v) is 3.27. The highest BCUT2D eigenvalue weighted by atomic mass is 32.2. The van der Waals surface area contributed by atoms with Crippen molar-refractivity contribution in [2.75, 3.05) is 12.3 Å². The van der Waals surface area contributed by atoms with Gasteiger partial charge in [-0.3, -0.25) is 4.68 Å². The molecule has 1 aromatic heterocycles. The Morgan fingerprint density at radius 2 is 2.10 bits per heavy atom. The molecule has 20 heavy (non-hydrogen) atoms. The molecule has 6 nitrogen and oxygen atoms in total.